The Labute approximate surface area is 97.8 Å². The number of allylic oxidation sites excluding steroid dienone is 2. The van der Waals surface area contributed by atoms with Crippen LogP contribution in [0.25, 0.3) is 9.81 Å². The summed E-state index contributed by atoms with van der Waals surface area (Å²) < 4.78 is 34.7. The van der Waals surface area contributed by atoms with Crippen LogP contribution in [0.4, 0.5) is 0 Å². The smallest absolute Gasteiger partial charge is 0.213 e. The molecule has 0 aliphatic carbocycles. The van der Waals surface area contributed by atoms with Gasteiger partial charge in [-0.25, -0.2) is 8.42 Å². The Balaban J connectivity index is 2.07. The monoisotopic (exact) mass is 248 g/mol. The molecule has 0 N–H and O–H groups in total. The van der Waals surface area contributed by atoms with Gasteiger partial charge in [0.1, 0.15) is 21.3 Å². The van der Waals surface area contributed by atoms with E-state index in [0.717, 1.165) is 0 Å². The lowest BCUT2D eigenvalue weighted by atomic mass is 10.3. The maximum absolute atomic E-state index is 12.2. The van der Waals surface area contributed by atoms with Crippen LogP contribution in [-0.4, -0.2) is 8.42 Å². The number of hydrogen-bond acceptors (Lipinski definition) is 4. The van der Waals surface area contributed by atoms with E-state index in [1.54, 1.807) is 24.3 Å². The summed E-state index contributed by atoms with van der Waals surface area (Å²) in [5.41, 5.74) is 0. The minimum atomic E-state index is -3.54. The average molecular weight is 248 g/mol. The predicted octanol–water partition coefficient (Wildman–Crippen LogP) is 2.68. The maximum atomic E-state index is 12.2. The minimum absolute atomic E-state index is 0.161. The summed E-state index contributed by atoms with van der Waals surface area (Å²) in [4.78, 5) is 0.322. The second-order valence-corrected chi connectivity index (χ2v) is 5.41. The van der Waals surface area contributed by atoms with E-state index in [1.165, 1.54) is 24.7 Å². The van der Waals surface area contributed by atoms with Gasteiger partial charge in [-0.05, 0) is 36.4 Å². The van der Waals surface area contributed by atoms with E-state index < -0.39 is 9.84 Å². The highest BCUT2D eigenvalue weighted by molar-refractivity contribution is 8.09. The normalized spacial score (nSPS) is 17.9. The van der Waals surface area contributed by atoms with Crippen molar-refractivity contribution in [1.29, 1.82) is 0 Å². The van der Waals surface area contributed by atoms with Gasteiger partial charge in [0.05, 0.1) is 12.5 Å². The summed E-state index contributed by atoms with van der Waals surface area (Å²) in [6, 6.07) is 6.53. The average Bonchev–Trinajstić information content (AvgIpc) is 2.96. The first-order valence-corrected chi connectivity index (χ1v) is 6.43. The standard InChI is InChI=1S/C12H8O4S/c13-17(14)11(9-3-1-7-15-9)5-6-12(17)10-4-2-8-16-10/h1-8H. The van der Waals surface area contributed by atoms with Crippen molar-refractivity contribution >= 4 is 19.6 Å². The summed E-state index contributed by atoms with van der Waals surface area (Å²) in [5.74, 6) is 0.672. The molecule has 0 bridgehead atoms. The maximum Gasteiger partial charge on any atom is 0.213 e. The van der Waals surface area contributed by atoms with Gasteiger partial charge in [-0.3, -0.25) is 0 Å². The third-order valence-corrected chi connectivity index (χ3v) is 4.33. The van der Waals surface area contributed by atoms with Crippen LogP contribution in [0.15, 0.2) is 57.8 Å². The van der Waals surface area contributed by atoms with E-state index in [9.17, 15) is 8.42 Å². The van der Waals surface area contributed by atoms with Crippen LogP contribution in [0.2, 0.25) is 0 Å². The highest BCUT2D eigenvalue weighted by Gasteiger charge is 2.32. The van der Waals surface area contributed by atoms with Crippen LogP contribution >= 0.6 is 0 Å². The summed E-state index contributed by atoms with van der Waals surface area (Å²) in [6.07, 6.45) is 5.92. The van der Waals surface area contributed by atoms with E-state index in [2.05, 4.69) is 0 Å². The lowest BCUT2D eigenvalue weighted by Crippen LogP contribution is -2.00. The summed E-state index contributed by atoms with van der Waals surface area (Å²) >= 11 is 0. The van der Waals surface area contributed by atoms with Crippen molar-refractivity contribution in [2.24, 2.45) is 0 Å². The van der Waals surface area contributed by atoms with Gasteiger partial charge in [0, 0.05) is 0 Å². The Morgan fingerprint density at radius 1 is 0.824 bits per heavy atom. The quantitative estimate of drug-likeness (QED) is 0.819. The molecule has 4 nitrogen and oxygen atoms in total. The van der Waals surface area contributed by atoms with Gasteiger partial charge in [-0.2, -0.15) is 0 Å². The summed E-state index contributed by atoms with van der Waals surface area (Å²) in [7, 11) is -3.54. The van der Waals surface area contributed by atoms with Crippen LogP contribution < -0.4 is 0 Å². The molecule has 0 unspecified atom stereocenters. The second kappa shape index (κ2) is 3.49. The van der Waals surface area contributed by atoms with Gasteiger partial charge in [0.15, 0.2) is 0 Å². The van der Waals surface area contributed by atoms with Gasteiger partial charge >= 0.3 is 0 Å². The molecule has 0 aromatic carbocycles. The number of sulfone groups is 1. The molecule has 2 aromatic heterocycles. The Bertz CT molecular complexity index is 630. The van der Waals surface area contributed by atoms with Gasteiger partial charge in [0.25, 0.3) is 0 Å². The Morgan fingerprint density at radius 2 is 1.29 bits per heavy atom. The highest BCUT2D eigenvalue weighted by atomic mass is 32.2. The molecule has 0 saturated heterocycles. The molecule has 0 amide bonds. The van der Waals surface area contributed by atoms with Crippen LogP contribution in [0.3, 0.4) is 0 Å². The molecular weight excluding hydrogens is 240 g/mol. The number of rotatable bonds is 2. The zero-order valence-electron chi connectivity index (χ0n) is 8.66. The van der Waals surface area contributed by atoms with Crippen molar-refractivity contribution in [3.63, 3.8) is 0 Å². The Morgan fingerprint density at radius 3 is 1.65 bits per heavy atom. The number of furan rings is 2. The topological polar surface area (TPSA) is 60.4 Å². The fourth-order valence-electron chi connectivity index (χ4n) is 1.72. The Hall–Kier alpha value is -2.01. The first-order valence-electron chi connectivity index (χ1n) is 4.94. The molecule has 2 aromatic rings. The molecule has 0 saturated carbocycles. The first kappa shape index (κ1) is 10.2. The van der Waals surface area contributed by atoms with Crippen molar-refractivity contribution in [2.75, 3.05) is 0 Å². The lowest BCUT2D eigenvalue weighted by molar-refractivity contribution is 0.551. The van der Waals surface area contributed by atoms with Crippen molar-refractivity contribution in [1.82, 2.24) is 0 Å². The first-order chi connectivity index (χ1) is 8.19. The minimum Gasteiger partial charge on any atom is -0.464 e. The van der Waals surface area contributed by atoms with Gasteiger partial charge in [0.2, 0.25) is 9.84 Å². The molecule has 1 aliphatic rings. The van der Waals surface area contributed by atoms with E-state index in [1.807, 2.05) is 0 Å². The van der Waals surface area contributed by atoms with Crippen molar-refractivity contribution in [3.05, 3.63) is 60.5 Å². The largest absolute Gasteiger partial charge is 0.464 e. The van der Waals surface area contributed by atoms with Crippen LogP contribution in [0.1, 0.15) is 11.5 Å². The SMILES string of the molecule is O=S1(=O)C(c2ccco2)=CC=C1c1ccco1. The molecule has 86 valence electrons. The van der Waals surface area contributed by atoms with Gasteiger partial charge < -0.3 is 8.83 Å². The fourth-order valence-corrected chi connectivity index (χ4v) is 3.21. The van der Waals surface area contributed by atoms with Gasteiger partial charge in [-0.1, -0.05) is 0 Å². The Kier molecular flexibility index (Phi) is 2.09. The fraction of sp³-hybridized carbons (Fsp3) is 0. The molecule has 0 spiro atoms. The molecule has 17 heavy (non-hydrogen) atoms. The van der Waals surface area contributed by atoms with E-state index in [4.69, 9.17) is 8.83 Å². The summed E-state index contributed by atoms with van der Waals surface area (Å²) in [6.45, 7) is 0. The molecular formula is C12H8O4S. The van der Waals surface area contributed by atoms with Crippen LogP contribution in [-0.2, 0) is 9.84 Å². The van der Waals surface area contributed by atoms with Crippen molar-refractivity contribution in [3.8, 4) is 0 Å². The van der Waals surface area contributed by atoms with Crippen LogP contribution in [0, 0.1) is 0 Å². The highest BCUT2D eigenvalue weighted by Crippen LogP contribution is 2.37. The second-order valence-electron chi connectivity index (χ2n) is 3.52. The van der Waals surface area contributed by atoms with E-state index in [-0.39, 0.29) is 9.81 Å². The lowest BCUT2D eigenvalue weighted by Gasteiger charge is -2.02. The van der Waals surface area contributed by atoms with E-state index >= 15 is 0 Å². The predicted molar refractivity (Wildman–Crippen MR) is 62.3 cm³/mol. The zero-order chi connectivity index (χ0) is 11.9. The molecule has 0 fully saturated rings. The molecule has 5 heteroatoms. The zero-order valence-corrected chi connectivity index (χ0v) is 9.48. The van der Waals surface area contributed by atoms with Crippen LogP contribution in [0.5, 0.6) is 0 Å². The molecule has 1 aliphatic heterocycles. The van der Waals surface area contributed by atoms with Crippen molar-refractivity contribution in [2.45, 2.75) is 0 Å². The third-order valence-electron chi connectivity index (χ3n) is 2.49. The van der Waals surface area contributed by atoms with E-state index in [0.29, 0.717) is 11.5 Å². The molecule has 3 heterocycles. The molecule has 0 atom stereocenters. The van der Waals surface area contributed by atoms with Crippen molar-refractivity contribution < 1.29 is 17.3 Å². The third kappa shape index (κ3) is 1.47. The molecule has 3 rings (SSSR count). The molecule has 0 radical (unpaired) electrons. The van der Waals surface area contributed by atoms with Gasteiger partial charge in [-0.15, -0.1) is 0 Å². The summed E-state index contributed by atoms with van der Waals surface area (Å²) in [5, 5.41) is 0. The number of hydrogen-bond donors (Lipinski definition) is 0.